The lowest BCUT2D eigenvalue weighted by Crippen LogP contribution is -2.00. The van der Waals surface area contributed by atoms with Gasteiger partial charge in [-0.15, -0.1) is 5.10 Å². The average Bonchev–Trinajstić information content (AvgIpc) is 2.64. The second-order valence-electron chi connectivity index (χ2n) is 3.41. The van der Waals surface area contributed by atoms with Crippen molar-refractivity contribution in [2.75, 3.05) is 5.73 Å². The van der Waals surface area contributed by atoms with Gasteiger partial charge >= 0.3 is 0 Å². The van der Waals surface area contributed by atoms with Gasteiger partial charge in [0.25, 0.3) is 0 Å². The maximum atomic E-state index is 12.0. The Hall–Kier alpha value is -1.69. The van der Waals surface area contributed by atoms with E-state index < -0.39 is 10.8 Å². The molecule has 1 unspecified atom stereocenters. The molecule has 2 N–H and O–H groups in total. The lowest BCUT2D eigenvalue weighted by molar-refractivity contribution is 0.682. The molecule has 0 aliphatic rings. The Bertz CT molecular complexity index is 523. The van der Waals surface area contributed by atoms with Gasteiger partial charge < -0.3 is 5.73 Å². The molecule has 1 aromatic carbocycles. The number of nitrogen functional groups attached to an aromatic ring is 1. The fourth-order valence-corrected chi connectivity index (χ4v) is 2.48. The number of para-hydroxylation sites is 1. The van der Waals surface area contributed by atoms with Crippen LogP contribution in [0.5, 0.6) is 0 Å². The molecule has 0 bridgehead atoms. The van der Waals surface area contributed by atoms with E-state index in [-0.39, 0.29) is 0 Å². The molecule has 0 radical (unpaired) electrons. The van der Waals surface area contributed by atoms with Gasteiger partial charge in [0, 0.05) is 18.9 Å². The van der Waals surface area contributed by atoms with Crippen molar-refractivity contribution < 1.29 is 4.21 Å². The topological polar surface area (TPSA) is 73.8 Å². The van der Waals surface area contributed by atoms with Gasteiger partial charge in [-0.3, -0.25) is 8.89 Å². The highest BCUT2D eigenvalue weighted by molar-refractivity contribution is 7.84. The van der Waals surface area contributed by atoms with E-state index in [1.807, 2.05) is 12.1 Å². The summed E-state index contributed by atoms with van der Waals surface area (Å²) < 4.78 is 13.6. The van der Waals surface area contributed by atoms with E-state index in [4.69, 9.17) is 5.73 Å². The molecule has 2 rings (SSSR count). The van der Waals surface area contributed by atoms with Crippen molar-refractivity contribution in [3.8, 4) is 0 Å². The summed E-state index contributed by atoms with van der Waals surface area (Å²) in [7, 11) is 0.601. The predicted molar refractivity (Wildman–Crippen MR) is 62.0 cm³/mol. The molecule has 1 heterocycles. The van der Waals surface area contributed by atoms with Crippen molar-refractivity contribution in [1.29, 1.82) is 0 Å². The van der Waals surface area contributed by atoms with Crippen LogP contribution in [0.15, 0.2) is 35.4 Å². The minimum atomic E-state index is -1.17. The Balaban J connectivity index is 2.18. The van der Waals surface area contributed by atoms with E-state index in [1.54, 1.807) is 30.1 Å². The van der Waals surface area contributed by atoms with E-state index in [1.165, 1.54) is 0 Å². The summed E-state index contributed by atoms with van der Waals surface area (Å²) in [6.07, 6.45) is 1.75. The van der Waals surface area contributed by atoms with Crippen LogP contribution in [0.1, 0.15) is 5.69 Å². The van der Waals surface area contributed by atoms with E-state index in [0.717, 1.165) is 0 Å². The molecule has 84 valence electrons. The Morgan fingerprint density at radius 2 is 2.19 bits per heavy atom. The first-order valence-electron chi connectivity index (χ1n) is 4.75. The first-order chi connectivity index (χ1) is 7.66. The molecule has 0 saturated carbocycles. The number of aromatic nitrogens is 3. The van der Waals surface area contributed by atoms with Crippen molar-refractivity contribution in [1.82, 2.24) is 15.0 Å². The second kappa shape index (κ2) is 4.44. The summed E-state index contributed by atoms with van der Waals surface area (Å²) >= 11 is 0. The van der Waals surface area contributed by atoms with E-state index in [2.05, 4.69) is 10.3 Å². The van der Waals surface area contributed by atoms with Gasteiger partial charge in [0.15, 0.2) is 0 Å². The number of rotatable bonds is 3. The second-order valence-corrected chi connectivity index (χ2v) is 4.83. The molecular weight excluding hydrogens is 224 g/mol. The fraction of sp³-hybridized carbons (Fsp3) is 0.200. The molecule has 0 spiro atoms. The monoisotopic (exact) mass is 236 g/mol. The molecule has 1 aromatic heterocycles. The Morgan fingerprint density at radius 1 is 1.44 bits per heavy atom. The fourth-order valence-electron chi connectivity index (χ4n) is 1.36. The van der Waals surface area contributed by atoms with Crippen LogP contribution in [0.2, 0.25) is 0 Å². The number of nitrogens with zero attached hydrogens (tertiary/aromatic N) is 3. The molecule has 2 aromatic rings. The van der Waals surface area contributed by atoms with Gasteiger partial charge in [-0.25, -0.2) is 0 Å². The highest BCUT2D eigenvalue weighted by Crippen LogP contribution is 2.17. The number of benzene rings is 1. The number of hydrogen-bond acceptors (Lipinski definition) is 4. The molecule has 1 atom stereocenters. The molecule has 0 saturated heterocycles. The molecular formula is C10H12N4OS. The lowest BCUT2D eigenvalue weighted by atomic mass is 10.3. The zero-order chi connectivity index (χ0) is 11.5. The average molecular weight is 236 g/mol. The normalized spacial score (nSPS) is 12.6. The van der Waals surface area contributed by atoms with Crippen molar-refractivity contribution in [3.05, 3.63) is 36.2 Å². The van der Waals surface area contributed by atoms with Crippen LogP contribution in [0, 0.1) is 0 Å². The van der Waals surface area contributed by atoms with Crippen molar-refractivity contribution >= 4 is 16.5 Å². The summed E-state index contributed by atoms with van der Waals surface area (Å²) in [5.41, 5.74) is 6.99. The van der Waals surface area contributed by atoms with Crippen molar-refractivity contribution in [3.63, 3.8) is 0 Å². The van der Waals surface area contributed by atoms with Gasteiger partial charge in [-0.2, -0.15) is 0 Å². The van der Waals surface area contributed by atoms with E-state index in [0.29, 0.717) is 22.0 Å². The lowest BCUT2D eigenvalue weighted by Gasteiger charge is -2.02. The number of anilines is 1. The predicted octanol–water partition coefficient (Wildman–Crippen LogP) is 0.705. The highest BCUT2D eigenvalue weighted by atomic mass is 32.2. The Morgan fingerprint density at radius 3 is 2.81 bits per heavy atom. The summed E-state index contributed by atoms with van der Waals surface area (Å²) in [5.74, 6) is 0.335. The van der Waals surface area contributed by atoms with Gasteiger partial charge in [0.2, 0.25) is 0 Å². The van der Waals surface area contributed by atoms with Crippen LogP contribution in [-0.2, 0) is 23.6 Å². The molecule has 5 nitrogen and oxygen atoms in total. The molecule has 16 heavy (non-hydrogen) atoms. The minimum absolute atomic E-state index is 0.335. The van der Waals surface area contributed by atoms with Crippen LogP contribution in [-0.4, -0.2) is 19.2 Å². The molecule has 0 amide bonds. The van der Waals surface area contributed by atoms with Crippen molar-refractivity contribution in [2.45, 2.75) is 10.6 Å². The van der Waals surface area contributed by atoms with E-state index >= 15 is 0 Å². The molecule has 0 aliphatic heterocycles. The summed E-state index contributed by atoms with van der Waals surface area (Å²) in [5, 5.41) is 7.68. The Labute approximate surface area is 95.7 Å². The third kappa shape index (κ3) is 2.27. The first kappa shape index (κ1) is 10.8. The molecule has 0 fully saturated rings. The van der Waals surface area contributed by atoms with E-state index in [9.17, 15) is 4.21 Å². The van der Waals surface area contributed by atoms with Crippen molar-refractivity contribution in [2.24, 2.45) is 7.05 Å². The largest absolute Gasteiger partial charge is 0.398 e. The highest BCUT2D eigenvalue weighted by Gasteiger charge is 2.10. The molecule has 6 heteroatoms. The maximum absolute atomic E-state index is 12.0. The van der Waals surface area contributed by atoms with Gasteiger partial charge in [-0.05, 0) is 12.1 Å². The third-order valence-corrected chi connectivity index (χ3v) is 3.51. The van der Waals surface area contributed by atoms with Crippen LogP contribution in [0.4, 0.5) is 5.69 Å². The minimum Gasteiger partial charge on any atom is -0.398 e. The summed E-state index contributed by atoms with van der Waals surface area (Å²) in [4.78, 5) is 0.646. The van der Waals surface area contributed by atoms with Crippen LogP contribution < -0.4 is 5.73 Å². The quantitative estimate of drug-likeness (QED) is 0.796. The van der Waals surface area contributed by atoms with Gasteiger partial charge in [0.1, 0.15) is 0 Å². The Kier molecular flexibility index (Phi) is 3.00. The zero-order valence-electron chi connectivity index (χ0n) is 8.83. The third-order valence-electron chi connectivity index (χ3n) is 2.09. The van der Waals surface area contributed by atoms with Gasteiger partial charge in [0.05, 0.1) is 27.1 Å². The zero-order valence-corrected chi connectivity index (χ0v) is 9.65. The van der Waals surface area contributed by atoms with Gasteiger partial charge in [-0.1, -0.05) is 17.3 Å². The molecule has 0 aliphatic carbocycles. The number of nitrogens with two attached hydrogens (primary N) is 1. The summed E-state index contributed by atoms with van der Waals surface area (Å²) in [6, 6.07) is 7.14. The summed E-state index contributed by atoms with van der Waals surface area (Å²) in [6.45, 7) is 0. The van der Waals surface area contributed by atoms with Crippen LogP contribution in [0.25, 0.3) is 0 Å². The number of aryl methyl sites for hydroxylation is 1. The smallest absolute Gasteiger partial charge is 0.0955 e. The van der Waals surface area contributed by atoms with Crippen LogP contribution >= 0.6 is 0 Å². The maximum Gasteiger partial charge on any atom is 0.0955 e. The standard InChI is InChI=1S/C10H12N4OS/c1-14-6-8(12-13-14)7-16(15)10-5-3-2-4-9(10)11/h2-6H,7,11H2,1H3. The van der Waals surface area contributed by atoms with Crippen LogP contribution in [0.3, 0.4) is 0 Å². The first-order valence-corrected chi connectivity index (χ1v) is 6.07. The number of hydrogen-bond donors (Lipinski definition) is 1. The SMILES string of the molecule is Cn1cc(CS(=O)c2ccccc2N)nn1.